The second-order valence-corrected chi connectivity index (χ2v) is 7.92. The molecule has 2 heterocycles. The second-order valence-electron chi connectivity index (χ2n) is 5.98. The third-order valence-electron chi connectivity index (χ3n) is 4.26. The number of hydrogen-bond donors (Lipinski definition) is 1. The van der Waals surface area contributed by atoms with Crippen LogP contribution in [0.4, 0.5) is 5.69 Å². The van der Waals surface area contributed by atoms with Crippen molar-refractivity contribution in [3.05, 3.63) is 29.8 Å². The van der Waals surface area contributed by atoms with Crippen LogP contribution in [0.3, 0.4) is 0 Å². The van der Waals surface area contributed by atoms with E-state index in [-0.39, 0.29) is 23.8 Å². The highest BCUT2D eigenvalue weighted by atomic mass is 32.2. The first-order valence-electron chi connectivity index (χ1n) is 8.21. The van der Waals surface area contributed by atoms with Gasteiger partial charge in [-0.3, -0.25) is 14.5 Å². The van der Waals surface area contributed by atoms with Gasteiger partial charge >= 0.3 is 0 Å². The first kappa shape index (κ1) is 17.8. The first-order valence-corrected chi connectivity index (χ1v) is 9.82. The van der Waals surface area contributed by atoms with Gasteiger partial charge < -0.3 is 10.1 Å². The summed E-state index contributed by atoms with van der Waals surface area (Å²) in [6, 6.07) is 6.02. The first-order chi connectivity index (χ1) is 12.0. The second kappa shape index (κ2) is 7.51. The van der Waals surface area contributed by atoms with Crippen molar-refractivity contribution < 1.29 is 22.7 Å². The molecule has 0 unspecified atom stereocenters. The number of carbonyl (C=O) groups is 2. The zero-order valence-electron chi connectivity index (χ0n) is 13.8. The molecule has 2 amide bonds. The lowest BCUT2D eigenvalue weighted by atomic mass is 10.2. The Morgan fingerprint density at radius 1 is 1.16 bits per heavy atom. The Labute approximate surface area is 146 Å². The van der Waals surface area contributed by atoms with Crippen LogP contribution < -0.4 is 9.62 Å². The van der Waals surface area contributed by atoms with Crippen molar-refractivity contribution in [3.8, 4) is 0 Å². The molecule has 3 rings (SSSR count). The highest BCUT2D eigenvalue weighted by molar-refractivity contribution is 7.94. The Kier molecular flexibility index (Phi) is 5.36. The van der Waals surface area contributed by atoms with Gasteiger partial charge in [-0.25, -0.2) is 12.7 Å². The molecule has 2 saturated heterocycles. The van der Waals surface area contributed by atoms with Crippen LogP contribution >= 0.6 is 0 Å². The maximum atomic E-state index is 12.2. The smallest absolute Gasteiger partial charge is 0.251 e. The molecule has 2 fully saturated rings. The fourth-order valence-electron chi connectivity index (χ4n) is 2.87. The highest BCUT2D eigenvalue weighted by Crippen LogP contribution is 2.25. The maximum Gasteiger partial charge on any atom is 0.251 e. The van der Waals surface area contributed by atoms with Crippen LogP contribution in [-0.2, 0) is 19.6 Å². The predicted molar refractivity (Wildman–Crippen MR) is 91.9 cm³/mol. The summed E-state index contributed by atoms with van der Waals surface area (Å²) in [6.07, 6.45) is -0.00783. The van der Waals surface area contributed by atoms with E-state index in [0.29, 0.717) is 25.3 Å². The Hall–Kier alpha value is -1.97. The van der Waals surface area contributed by atoms with E-state index in [1.807, 2.05) is 0 Å². The van der Waals surface area contributed by atoms with E-state index in [1.165, 1.54) is 24.3 Å². The number of nitrogens with zero attached hydrogens (tertiary/aromatic N) is 2. The normalized spacial score (nSPS) is 20.6. The molecule has 8 nitrogen and oxygen atoms in total. The molecule has 25 heavy (non-hydrogen) atoms. The van der Waals surface area contributed by atoms with Crippen LogP contribution in [0.5, 0.6) is 0 Å². The van der Waals surface area contributed by atoms with E-state index in [2.05, 4.69) is 10.2 Å². The molecule has 0 aromatic heterocycles. The van der Waals surface area contributed by atoms with Gasteiger partial charge in [0.15, 0.2) is 0 Å². The van der Waals surface area contributed by atoms with E-state index in [0.717, 1.165) is 23.9 Å². The number of anilines is 1. The van der Waals surface area contributed by atoms with Crippen LogP contribution in [-0.4, -0.2) is 70.3 Å². The lowest BCUT2D eigenvalue weighted by Crippen LogP contribution is -2.41. The Morgan fingerprint density at radius 2 is 1.84 bits per heavy atom. The van der Waals surface area contributed by atoms with Crippen molar-refractivity contribution in [1.82, 2.24) is 10.2 Å². The summed E-state index contributed by atoms with van der Waals surface area (Å²) < 4.78 is 29.9. The number of sulfonamides is 1. The number of morpholine rings is 1. The van der Waals surface area contributed by atoms with Gasteiger partial charge in [0.2, 0.25) is 15.9 Å². The Morgan fingerprint density at radius 3 is 2.44 bits per heavy atom. The molecule has 1 aromatic rings. The summed E-state index contributed by atoms with van der Waals surface area (Å²) in [4.78, 5) is 26.1. The molecule has 0 bridgehead atoms. The van der Waals surface area contributed by atoms with Crippen LogP contribution in [0.1, 0.15) is 16.8 Å². The molecular weight excluding hydrogens is 346 g/mol. The summed E-state index contributed by atoms with van der Waals surface area (Å²) in [7, 11) is -3.58. The van der Waals surface area contributed by atoms with Crippen LogP contribution in [0, 0.1) is 0 Å². The van der Waals surface area contributed by atoms with Gasteiger partial charge in [0.25, 0.3) is 5.91 Å². The van der Waals surface area contributed by atoms with Gasteiger partial charge in [0.1, 0.15) is 0 Å². The standard InChI is InChI=1S/C16H21N3O5S/c20-15-5-12-25(22,23)19(15)14-3-1-13(2-4-14)16(21)17-6-7-18-8-10-24-11-9-18/h1-4H,5-12H2,(H,17,21). The van der Waals surface area contributed by atoms with Gasteiger partial charge in [0, 0.05) is 38.2 Å². The molecule has 1 aromatic carbocycles. The van der Waals surface area contributed by atoms with Crippen LogP contribution in [0.25, 0.3) is 0 Å². The van der Waals surface area contributed by atoms with E-state index >= 15 is 0 Å². The zero-order valence-corrected chi connectivity index (χ0v) is 14.6. The molecule has 9 heteroatoms. The highest BCUT2D eigenvalue weighted by Gasteiger charge is 2.36. The fraction of sp³-hybridized carbons (Fsp3) is 0.500. The van der Waals surface area contributed by atoms with E-state index in [9.17, 15) is 18.0 Å². The Balaban J connectivity index is 1.56. The molecule has 0 radical (unpaired) electrons. The van der Waals surface area contributed by atoms with Crippen molar-refractivity contribution in [1.29, 1.82) is 0 Å². The summed E-state index contributed by atoms with van der Waals surface area (Å²) in [6.45, 7) is 4.44. The summed E-state index contributed by atoms with van der Waals surface area (Å²) in [5.41, 5.74) is 0.696. The molecule has 0 spiro atoms. The third kappa shape index (κ3) is 4.17. The largest absolute Gasteiger partial charge is 0.379 e. The summed E-state index contributed by atoms with van der Waals surface area (Å²) in [5.74, 6) is -0.839. The van der Waals surface area contributed by atoms with Crippen LogP contribution in [0.15, 0.2) is 24.3 Å². The van der Waals surface area contributed by atoms with E-state index < -0.39 is 15.9 Å². The molecule has 2 aliphatic rings. The topological polar surface area (TPSA) is 96.0 Å². The number of nitrogens with one attached hydrogen (secondary N) is 1. The number of benzene rings is 1. The average Bonchev–Trinajstić information content (AvgIpc) is 2.89. The zero-order chi connectivity index (χ0) is 17.9. The number of carbonyl (C=O) groups excluding carboxylic acids is 2. The van der Waals surface area contributed by atoms with E-state index in [4.69, 9.17) is 4.74 Å². The fourth-order valence-corrected chi connectivity index (χ4v) is 4.33. The van der Waals surface area contributed by atoms with Crippen molar-refractivity contribution in [2.75, 3.05) is 49.5 Å². The number of amides is 2. The molecule has 0 aliphatic carbocycles. The molecular formula is C16H21N3O5S. The lowest BCUT2D eigenvalue weighted by Gasteiger charge is -2.26. The molecule has 136 valence electrons. The molecule has 0 atom stereocenters. The molecule has 2 aliphatic heterocycles. The van der Waals surface area contributed by atoms with Crippen molar-refractivity contribution >= 4 is 27.5 Å². The minimum absolute atomic E-state index is 0.00783. The van der Waals surface area contributed by atoms with Crippen molar-refractivity contribution in [2.45, 2.75) is 6.42 Å². The average molecular weight is 367 g/mol. The van der Waals surface area contributed by atoms with Gasteiger partial charge in [-0.05, 0) is 24.3 Å². The summed E-state index contributed by atoms with van der Waals surface area (Å²) in [5, 5.41) is 2.84. The lowest BCUT2D eigenvalue weighted by molar-refractivity contribution is -0.116. The summed E-state index contributed by atoms with van der Waals surface area (Å²) >= 11 is 0. The quantitative estimate of drug-likeness (QED) is 0.775. The molecule has 0 saturated carbocycles. The van der Waals surface area contributed by atoms with Crippen LogP contribution in [0.2, 0.25) is 0 Å². The third-order valence-corrected chi connectivity index (χ3v) is 5.95. The minimum Gasteiger partial charge on any atom is -0.379 e. The number of ether oxygens (including phenoxy) is 1. The number of hydrogen-bond acceptors (Lipinski definition) is 6. The Bertz CT molecular complexity index is 742. The molecule has 1 N–H and O–H groups in total. The van der Waals surface area contributed by atoms with Gasteiger partial charge in [-0.1, -0.05) is 0 Å². The van der Waals surface area contributed by atoms with Gasteiger partial charge in [-0.2, -0.15) is 0 Å². The van der Waals surface area contributed by atoms with E-state index in [1.54, 1.807) is 0 Å². The predicted octanol–water partition coefficient (Wildman–Crippen LogP) is -0.185. The van der Waals surface area contributed by atoms with Gasteiger partial charge in [-0.15, -0.1) is 0 Å². The van der Waals surface area contributed by atoms with Crippen molar-refractivity contribution in [2.24, 2.45) is 0 Å². The SMILES string of the molecule is O=C(NCCN1CCOCC1)c1ccc(N2C(=O)CCS2(=O)=O)cc1. The minimum atomic E-state index is -3.58. The van der Waals surface area contributed by atoms with Gasteiger partial charge in [0.05, 0.1) is 24.7 Å². The maximum absolute atomic E-state index is 12.2. The monoisotopic (exact) mass is 367 g/mol. The number of rotatable bonds is 5. The van der Waals surface area contributed by atoms with Crippen molar-refractivity contribution in [3.63, 3.8) is 0 Å².